The van der Waals surface area contributed by atoms with Crippen LogP contribution in [0.25, 0.3) is 0 Å². The van der Waals surface area contributed by atoms with Crippen LogP contribution < -0.4 is 10.6 Å². The lowest BCUT2D eigenvalue weighted by molar-refractivity contribution is -0.137. The Balaban J connectivity index is 2.14. The molecule has 0 bridgehead atoms. The van der Waals surface area contributed by atoms with Gasteiger partial charge < -0.3 is 10.6 Å². The first-order chi connectivity index (χ1) is 7.97. The first kappa shape index (κ1) is 12.7. The van der Waals surface area contributed by atoms with Crippen LogP contribution >= 0.6 is 15.9 Å². The van der Waals surface area contributed by atoms with Crippen LogP contribution in [0.2, 0.25) is 0 Å². The molecular weight excluding hydrogens is 297 g/mol. The Morgan fingerprint density at radius 2 is 2.12 bits per heavy atom. The summed E-state index contributed by atoms with van der Waals surface area (Å²) >= 11 is 3.16. The van der Waals surface area contributed by atoms with E-state index in [0.29, 0.717) is 10.2 Å². The number of rotatable bonds is 2. The average Bonchev–Trinajstić information content (AvgIpc) is 2.72. The Kier molecular flexibility index (Phi) is 3.63. The molecule has 1 aromatic rings. The number of hydrogen-bond acceptors (Lipinski definition) is 2. The third-order valence-corrected chi connectivity index (χ3v) is 3.37. The zero-order valence-corrected chi connectivity index (χ0v) is 10.5. The van der Waals surface area contributed by atoms with Crippen molar-refractivity contribution >= 4 is 21.6 Å². The summed E-state index contributed by atoms with van der Waals surface area (Å²) in [6, 6.07) is 3.94. The van der Waals surface area contributed by atoms with Gasteiger partial charge in [-0.2, -0.15) is 13.2 Å². The van der Waals surface area contributed by atoms with Crippen molar-refractivity contribution in [3.05, 3.63) is 28.2 Å². The zero-order valence-electron chi connectivity index (χ0n) is 8.94. The first-order valence-electron chi connectivity index (χ1n) is 5.31. The van der Waals surface area contributed by atoms with E-state index in [9.17, 15) is 13.2 Å². The van der Waals surface area contributed by atoms with Gasteiger partial charge in [-0.3, -0.25) is 0 Å². The van der Waals surface area contributed by atoms with Gasteiger partial charge in [0.05, 0.1) is 5.56 Å². The highest BCUT2D eigenvalue weighted by Crippen LogP contribution is 2.34. The number of hydrogen-bond donors (Lipinski definition) is 2. The fourth-order valence-electron chi connectivity index (χ4n) is 1.81. The smallest absolute Gasteiger partial charge is 0.380 e. The lowest BCUT2D eigenvalue weighted by Crippen LogP contribution is -2.22. The molecule has 2 nitrogen and oxygen atoms in total. The van der Waals surface area contributed by atoms with Crippen LogP contribution in [0.5, 0.6) is 0 Å². The second-order valence-corrected chi connectivity index (χ2v) is 4.88. The molecule has 0 spiro atoms. The third-order valence-electron chi connectivity index (χ3n) is 2.72. The molecule has 1 atom stereocenters. The Morgan fingerprint density at radius 1 is 1.35 bits per heavy atom. The Bertz CT molecular complexity index is 400. The van der Waals surface area contributed by atoms with Crippen LogP contribution in [0.4, 0.5) is 18.9 Å². The number of anilines is 1. The van der Waals surface area contributed by atoms with Crippen LogP contribution in [0.1, 0.15) is 12.0 Å². The summed E-state index contributed by atoms with van der Waals surface area (Å²) in [6.07, 6.45) is -3.32. The maximum absolute atomic E-state index is 12.5. The second kappa shape index (κ2) is 4.86. The fourth-order valence-corrected chi connectivity index (χ4v) is 2.30. The number of halogens is 4. The maximum Gasteiger partial charge on any atom is 0.416 e. The Labute approximate surface area is 106 Å². The van der Waals surface area contributed by atoms with E-state index >= 15 is 0 Å². The Morgan fingerprint density at radius 3 is 2.65 bits per heavy atom. The summed E-state index contributed by atoms with van der Waals surface area (Å²) in [7, 11) is 0. The summed E-state index contributed by atoms with van der Waals surface area (Å²) in [5, 5.41) is 6.40. The van der Waals surface area contributed by atoms with Gasteiger partial charge >= 0.3 is 6.18 Å². The van der Waals surface area contributed by atoms with Gasteiger partial charge in [-0.1, -0.05) is 0 Å². The summed E-state index contributed by atoms with van der Waals surface area (Å²) in [4.78, 5) is 0. The summed E-state index contributed by atoms with van der Waals surface area (Å²) in [5.74, 6) is 0. The summed E-state index contributed by atoms with van der Waals surface area (Å²) in [5.41, 5.74) is 0.0613. The monoisotopic (exact) mass is 308 g/mol. The predicted molar refractivity (Wildman–Crippen MR) is 64.0 cm³/mol. The van der Waals surface area contributed by atoms with Crippen molar-refractivity contribution < 1.29 is 13.2 Å². The minimum absolute atomic E-state index is 0.281. The molecule has 0 amide bonds. The average molecular weight is 309 g/mol. The Hall–Kier alpha value is -0.750. The summed E-state index contributed by atoms with van der Waals surface area (Å²) < 4.78 is 37.8. The van der Waals surface area contributed by atoms with Gasteiger partial charge in [0.1, 0.15) is 0 Å². The van der Waals surface area contributed by atoms with Gasteiger partial charge in [0.15, 0.2) is 0 Å². The number of nitrogens with one attached hydrogen (secondary N) is 2. The molecule has 2 rings (SSSR count). The van der Waals surface area contributed by atoms with Crippen molar-refractivity contribution in [2.45, 2.75) is 18.6 Å². The van der Waals surface area contributed by atoms with E-state index < -0.39 is 11.7 Å². The second-order valence-electron chi connectivity index (χ2n) is 4.03. The molecule has 1 fully saturated rings. The fraction of sp³-hybridized carbons (Fsp3) is 0.455. The maximum atomic E-state index is 12.5. The highest BCUT2D eigenvalue weighted by molar-refractivity contribution is 9.10. The molecule has 1 aromatic carbocycles. The molecule has 0 saturated carbocycles. The highest BCUT2D eigenvalue weighted by atomic mass is 79.9. The van der Waals surface area contributed by atoms with Crippen LogP contribution in [-0.4, -0.2) is 19.1 Å². The molecule has 0 radical (unpaired) electrons. The van der Waals surface area contributed by atoms with E-state index in [1.54, 1.807) is 0 Å². The molecule has 2 N–H and O–H groups in total. The lowest BCUT2D eigenvalue weighted by Gasteiger charge is -2.16. The van der Waals surface area contributed by atoms with Crippen LogP contribution in [0.15, 0.2) is 22.7 Å². The number of benzene rings is 1. The van der Waals surface area contributed by atoms with Gasteiger partial charge in [-0.25, -0.2) is 0 Å². The topological polar surface area (TPSA) is 24.1 Å². The predicted octanol–water partition coefficient (Wildman–Crippen LogP) is 3.24. The van der Waals surface area contributed by atoms with E-state index in [1.165, 1.54) is 6.07 Å². The van der Waals surface area contributed by atoms with Crippen molar-refractivity contribution in [3.63, 3.8) is 0 Å². The number of alkyl halides is 3. The van der Waals surface area contributed by atoms with Gasteiger partial charge in [-0.15, -0.1) is 0 Å². The van der Waals surface area contributed by atoms with Crippen molar-refractivity contribution in [1.29, 1.82) is 0 Å². The molecule has 1 aliphatic heterocycles. The molecule has 6 heteroatoms. The zero-order chi connectivity index (χ0) is 12.5. The first-order valence-corrected chi connectivity index (χ1v) is 6.10. The molecule has 1 unspecified atom stereocenters. The van der Waals surface area contributed by atoms with Crippen LogP contribution in [-0.2, 0) is 6.18 Å². The van der Waals surface area contributed by atoms with Gasteiger partial charge in [0, 0.05) is 22.7 Å². The standard InChI is InChI=1S/C11H12BrF3N2/c12-9-5-7(11(13,14)15)1-2-10(9)17-8-3-4-16-6-8/h1-2,5,8,16-17H,3-4,6H2. The molecule has 0 aromatic heterocycles. The molecule has 94 valence electrons. The molecule has 17 heavy (non-hydrogen) atoms. The highest BCUT2D eigenvalue weighted by Gasteiger charge is 2.31. The lowest BCUT2D eigenvalue weighted by atomic mass is 10.2. The van der Waals surface area contributed by atoms with Crippen molar-refractivity contribution in [3.8, 4) is 0 Å². The van der Waals surface area contributed by atoms with Crippen LogP contribution in [0, 0.1) is 0 Å². The van der Waals surface area contributed by atoms with Crippen molar-refractivity contribution in [2.24, 2.45) is 0 Å². The van der Waals surface area contributed by atoms with E-state index in [4.69, 9.17) is 0 Å². The van der Waals surface area contributed by atoms with E-state index in [1.807, 2.05) is 0 Å². The minimum atomic E-state index is -4.30. The summed E-state index contributed by atoms with van der Waals surface area (Å²) in [6.45, 7) is 1.78. The van der Waals surface area contributed by atoms with Crippen molar-refractivity contribution in [1.82, 2.24) is 5.32 Å². The molecule has 1 heterocycles. The van der Waals surface area contributed by atoms with Crippen molar-refractivity contribution in [2.75, 3.05) is 18.4 Å². The quantitative estimate of drug-likeness (QED) is 0.876. The van der Waals surface area contributed by atoms with Gasteiger partial charge in [-0.05, 0) is 47.1 Å². The SMILES string of the molecule is FC(F)(F)c1ccc(NC2CCNC2)c(Br)c1. The van der Waals surface area contributed by atoms with Gasteiger partial charge in [0.25, 0.3) is 0 Å². The van der Waals surface area contributed by atoms with Crippen LogP contribution in [0.3, 0.4) is 0 Å². The largest absolute Gasteiger partial charge is 0.416 e. The molecule has 1 saturated heterocycles. The van der Waals surface area contributed by atoms with E-state index in [2.05, 4.69) is 26.6 Å². The molecule has 0 aliphatic carbocycles. The third kappa shape index (κ3) is 3.13. The van der Waals surface area contributed by atoms with E-state index in [0.717, 1.165) is 31.6 Å². The van der Waals surface area contributed by atoms with E-state index in [-0.39, 0.29) is 6.04 Å². The molecule has 1 aliphatic rings. The minimum Gasteiger partial charge on any atom is -0.380 e. The normalized spacial score (nSPS) is 20.6. The molecular formula is C11H12BrF3N2. The van der Waals surface area contributed by atoms with Gasteiger partial charge in [0.2, 0.25) is 0 Å².